The number of anilines is 1. The monoisotopic (exact) mass is 257 g/mol. The van der Waals surface area contributed by atoms with E-state index in [1.54, 1.807) is 6.07 Å². The van der Waals surface area contributed by atoms with Crippen molar-refractivity contribution in [3.8, 4) is 0 Å². The first-order chi connectivity index (χ1) is 7.51. The van der Waals surface area contributed by atoms with Crippen LogP contribution >= 0.6 is 23.4 Å². The van der Waals surface area contributed by atoms with Gasteiger partial charge >= 0.3 is 0 Å². The maximum Gasteiger partial charge on any atom is 0.190 e. The van der Waals surface area contributed by atoms with Gasteiger partial charge in [0.15, 0.2) is 5.16 Å². The molecule has 0 unspecified atom stereocenters. The summed E-state index contributed by atoms with van der Waals surface area (Å²) in [5.41, 5.74) is 0.0906. The molecule has 88 valence electrons. The SMILES string of the molecule is CSc1nc(Cl)cc(NC(C)(C)C2CC2)n1. The summed E-state index contributed by atoms with van der Waals surface area (Å²) in [6.07, 6.45) is 4.55. The van der Waals surface area contributed by atoms with Gasteiger partial charge in [-0.05, 0) is 38.9 Å². The van der Waals surface area contributed by atoms with Crippen LogP contribution in [0.5, 0.6) is 0 Å². The van der Waals surface area contributed by atoms with Crippen molar-refractivity contribution in [2.75, 3.05) is 11.6 Å². The molecule has 1 aromatic rings. The number of nitrogens with zero attached hydrogens (tertiary/aromatic N) is 2. The van der Waals surface area contributed by atoms with Crippen LogP contribution in [0.15, 0.2) is 11.2 Å². The van der Waals surface area contributed by atoms with E-state index in [9.17, 15) is 0 Å². The van der Waals surface area contributed by atoms with Crippen molar-refractivity contribution in [2.45, 2.75) is 37.4 Å². The number of aromatic nitrogens is 2. The van der Waals surface area contributed by atoms with E-state index in [0.29, 0.717) is 10.3 Å². The van der Waals surface area contributed by atoms with Gasteiger partial charge in [0.25, 0.3) is 0 Å². The van der Waals surface area contributed by atoms with Crippen LogP contribution in [0.2, 0.25) is 5.15 Å². The minimum atomic E-state index is 0.0906. The first kappa shape index (κ1) is 12.0. The Bertz CT molecular complexity index is 391. The van der Waals surface area contributed by atoms with E-state index in [0.717, 1.165) is 11.7 Å². The molecule has 3 nitrogen and oxygen atoms in total. The molecule has 1 aromatic heterocycles. The van der Waals surface area contributed by atoms with Gasteiger partial charge in [0.05, 0.1) is 0 Å². The molecule has 0 saturated heterocycles. The average molecular weight is 258 g/mol. The van der Waals surface area contributed by atoms with E-state index in [2.05, 4.69) is 29.1 Å². The van der Waals surface area contributed by atoms with E-state index in [-0.39, 0.29) is 5.54 Å². The Kier molecular flexibility index (Phi) is 3.31. The number of nitrogens with one attached hydrogen (secondary N) is 1. The molecule has 1 heterocycles. The highest BCUT2D eigenvalue weighted by Crippen LogP contribution is 2.41. The summed E-state index contributed by atoms with van der Waals surface area (Å²) < 4.78 is 0. The molecule has 0 atom stereocenters. The molecule has 1 saturated carbocycles. The number of hydrogen-bond acceptors (Lipinski definition) is 4. The number of halogens is 1. The molecule has 1 aliphatic rings. The van der Waals surface area contributed by atoms with Crippen molar-refractivity contribution in [2.24, 2.45) is 5.92 Å². The molecular formula is C11H16ClN3S. The maximum atomic E-state index is 5.95. The van der Waals surface area contributed by atoms with Crippen molar-refractivity contribution in [3.05, 3.63) is 11.2 Å². The van der Waals surface area contributed by atoms with Crippen LogP contribution in [0.1, 0.15) is 26.7 Å². The van der Waals surface area contributed by atoms with Gasteiger partial charge in [-0.15, -0.1) is 0 Å². The lowest BCUT2D eigenvalue weighted by Crippen LogP contribution is -2.33. The Labute approximate surface area is 105 Å². The minimum absolute atomic E-state index is 0.0906. The van der Waals surface area contributed by atoms with E-state index >= 15 is 0 Å². The summed E-state index contributed by atoms with van der Waals surface area (Å²) in [6, 6.07) is 1.78. The first-order valence-corrected chi connectivity index (χ1v) is 6.98. The second-order valence-electron chi connectivity index (χ2n) is 4.68. The third-order valence-corrected chi connectivity index (χ3v) is 3.65. The molecule has 0 radical (unpaired) electrons. The van der Waals surface area contributed by atoms with Gasteiger partial charge in [0.1, 0.15) is 11.0 Å². The molecule has 0 amide bonds. The van der Waals surface area contributed by atoms with Crippen LogP contribution in [0.4, 0.5) is 5.82 Å². The summed E-state index contributed by atoms with van der Waals surface area (Å²) in [7, 11) is 0. The first-order valence-electron chi connectivity index (χ1n) is 5.38. The maximum absolute atomic E-state index is 5.95. The van der Waals surface area contributed by atoms with Crippen molar-refractivity contribution in [1.29, 1.82) is 0 Å². The topological polar surface area (TPSA) is 37.8 Å². The normalized spacial score (nSPS) is 16.2. The Morgan fingerprint density at radius 3 is 2.69 bits per heavy atom. The lowest BCUT2D eigenvalue weighted by atomic mass is 9.99. The van der Waals surface area contributed by atoms with Crippen LogP contribution in [-0.4, -0.2) is 21.8 Å². The highest BCUT2D eigenvalue weighted by Gasteiger charge is 2.37. The molecule has 1 aliphatic carbocycles. The summed E-state index contributed by atoms with van der Waals surface area (Å²) in [5.74, 6) is 1.57. The van der Waals surface area contributed by atoms with Crippen LogP contribution in [-0.2, 0) is 0 Å². The highest BCUT2D eigenvalue weighted by molar-refractivity contribution is 7.98. The summed E-state index contributed by atoms with van der Waals surface area (Å²) in [6.45, 7) is 4.42. The smallest absolute Gasteiger partial charge is 0.190 e. The van der Waals surface area contributed by atoms with Gasteiger partial charge in [-0.3, -0.25) is 0 Å². The van der Waals surface area contributed by atoms with E-state index in [4.69, 9.17) is 11.6 Å². The van der Waals surface area contributed by atoms with Crippen molar-refractivity contribution in [1.82, 2.24) is 9.97 Å². The fourth-order valence-corrected chi connectivity index (χ4v) is 2.40. The largest absolute Gasteiger partial charge is 0.365 e. The summed E-state index contributed by atoms with van der Waals surface area (Å²) in [5, 5.41) is 4.65. The molecule has 0 aromatic carbocycles. The fourth-order valence-electron chi connectivity index (χ4n) is 1.79. The van der Waals surface area contributed by atoms with Gasteiger partial charge in [-0.1, -0.05) is 23.4 Å². The molecule has 1 fully saturated rings. The number of rotatable bonds is 4. The molecule has 0 spiro atoms. The highest BCUT2D eigenvalue weighted by atomic mass is 35.5. The van der Waals surface area contributed by atoms with Gasteiger partial charge in [-0.2, -0.15) is 0 Å². The average Bonchev–Trinajstić information content (AvgIpc) is 2.98. The lowest BCUT2D eigenvalue weighted by Gasteiger charge is -2.26. The number of hydrogen-bond donors (Lipinski definition) is 1. The van der Waals surface area contributed by atoms with Crippen LogP contribution in [0, 0.1) is 5.92 Å². The zero-order valence-corrected chi connectivity index (χ0v) is 11.3. The molecule has 5 heteroatoms. The zero-order chi connectivity index (χ0) is 11.8. The van der Waals surface area contributed by atoms with Crippen molar-refractivity contribution in [3.63, 3.8) is 0 Å². The van der Waals surface area contributed by atoms with E-state index < -0.39 is 0 Å². The Morgan fingerprint density at radius 1 is 1.44 bits per heavy atom. The summed E-state index contributed by atoms with van der Waals surface area (Å²) in [4.78, 5) is 8.52. The van der Waals surface area contributed by atoms with Gasteiger partial charge in [-0.25, -0.2) is 9.97 Å². The number of thioether (sulfide) groups is 1. The van der Waals surface area contributed by atoms with Crippen LogP contribution < -0.4 is 5.32 Å². The Morgan fingerprint density at radius 2 is 2.12 bits per heavy atom. The lowest BCUT2D eigenvalue weighted by molar-refractivity contribution is 0.492. The standard InChI is InChI=1S/C11H16ClN3S/c1-11(2,7-4-5-7)15-9-6-8(12)13-10(14-9)16-3/h6-7H,4-5H2,1-3H3,(H,13,14,15). The molecule has 2 rings (SSSR count). The quantitative estimate of drug-likeness (QED) is 0.509. The van der Waals surface area contributed by atoms with Crippen LogP contribution in [0.3, 0.4) is 0 Å². The van der Waals surface area contributed by atoms with Crippen LogP contribution in [0.25, 0.3) is 0 Å². The zero-order valence-electron chi connectivity index (χ0n) is 9.75. The second-order valence-corrected chi connectivity index (χ2v) is 5.84. The third-order valence-electron chi connectivity index (χ3n) is 2.91. The van der Waals surface area contributed by atoms with E-state index in [1.807, 2.05) is 6.26 Å². The summed E-state index contributed by atoms with van der Waals surface area (Å²) >= 11 is 7.45. The molecule has 0 bridgehead atoms. The van der Waals surface area contributed by atoms with E-state index in [1.165, 1.54) is 24.6 Å². The third kappa shape index (κ3) is 2.80. The van der Waals surface area contributed by atoms with Gasteiger partial charge in [0, 0.05) is 11.6 Å². The second kappa shape index (κ2) is 4.41. The Balaban J connectivity index is 2.16. The molecule has 0 aliphatic heterocycles. The minimum Gasteiger partial charge on any atom is -0.365 e. The molecule has 1 N–H and O–H groups in total. The van der Waals surface area contributed by atoms with Crippen molar-refractivity contribution < 1.29 is 0 Å². The van der Waals surface area contributed by atoms with Gasteiger partial charge < -0.3 is 5.32 Å². The fraction of sp³-hybridized carbons (Fsp3) is 0.636. The van der Waals surface area contributed by atoms with Crippen molar-refractivity contribution >= 4 is 29.2 Å². The molecule has 16 heavy (non-hydrogen) atoms. The predicted octanol–water partition coefficient (Wildman–Crippen LogP) is 3.45. The predicted molar refractivity (Wildman–Crippen MR) is 69.2 cm³/mol. The molecular weight excluding hydrogens is 242 g/mol. The van der Waals surface area contributed by atoms with Gasteiger partial charge in [0.2, 0.25) is 0 Å². The Hall–Kier alpha value is -0.480.